The van der Waals surface area contributed by atoms with Crippen molar-refractivity contribution in [1.82, 2.24) is 4.90 Å². The van der Waals surface area contributed by atoms with Crippen LogP contribution in [-0.4, -0.2) is 39.3 Å². The van der Waals surface area contributed by atoms with Crippen LogP contribution in [0, 0.1) is 17.2 Å². The van der Waals surface area contributed by atoms with E-state index in [4.69, 9.17) is 10.00 Å². The second-order valence-corrected chi connectivity index (χ2v) is 10.7. The van der Waals surface area contributed by atoms with Gasteiger partial charge in [0.15, 0.2) is 9.84 Å². The van der Waals surface area contributed by atoms with Gasteiger partial charge in [-0.15, -0.1) is 0 Å². The lowest BCUT2D eigenvalue weighted by Gasteiger charge is -2.31. The Morgan fingerprint density at radius 3 is 2.03 bits per heavy atom. The zero-order valence-corrected chi connectivity index (χ0v) is 19.6. The molecule has 4 rings (SSSR count). The van der Waals surface area contributed by atoms with Crippen molar-refractivity contribution in [1.29, 1.82) is 5.26 Å². The van der Waals surface area contributed by atoms with E-state index in [1.54, 1.807) is 12.1 Å². The van der Waals surface area contributed by atoms with E-state index in [9.17, 15) is 8.42 Å². The number of benzene rings is 3. The maximum absolute atomic E-state index is 11.6. The Hall–Kier alpha value is -3.14. The normalized spacial score (nSPS) is 15.2. The van der Waals surface area contributed by atoms with Crippen molar-refractivity contribution in [2.75, 3.05) is 26.0 Å². The first kappa shape index (κ1) is 23.0. The van der Waals surface area contributed by atoms with E-state index in [0.29, 0.717) is 23.0 Å². The lowest BCUT2D eigenvalue weighted by Crippen LogP contribution is -2.35. The molecule has 0 unspecified atom stereocenters. The number of rotatable bonds is 7. The fourth-order valence-electron chi connectivity index (χ4n) is 4.11. The third-order valence-electron chi connectivity index (χ3n) is 6.15. The quantitative estimate of drug-likeness (QED) is 0.501. The van der Waals surface area contributed by atoms with Gasteiger partial charge in [0.1, 0.15) is 5.75 Å². The number of nitriles is 1. The van der Waals surface area contributed by atoms with Crippen molar-refractivity contribution >= 4 is 9.84 Å². The molecule has 6 heteroatoms. The molecule has 0 amide bonds. The van der Waals surface area contributed by atoms with Crippen molar-refractivity contribution < 1.29 is 13.2 Å². The lowest BCUT2D eigenvalue weighted by atomic mass is 9.97. The van der Waals surface area contributed by atoms with Crippen LogP contribution in [0.1, 0.15) is 24.0 Å². The smallest absolute Gasteiger partial charge is 0.175 e. The summed E-state index contributed by atoms with van der Waals surface area (Å²) in [6.07, 6.45) is 3.44. The number of sulfone groups is 1. The molecule has 0 saturated carbocycles. The van der Waals surface area contributed by atoms with Crippen LogP contribution in [0.2, 0.25) is 0 Å². The molecule has 0 N–H and O–H groups in total. The van der Waals surface area contributed by atoms with E-state index in [2.05, 4.69) is 11.0 Å². The van der Waals surface area contributed by atoms with E-state index in [1.807, 2.05) is 60.7 Å². The Bertz CT molecular complexity index is 1200. The molecule has 1 fully saturated rings. The molecule has 0 spiro atoms. The highest BCUT2D eigenvalue weighted by molar-refractivity contribution is 7.90. The fraction of sp³-hybridized carbons (Fsp3) is 0.296. The molecule has 3 aromatic rings. The molecule has 1 aliphatic rings. The summed E-state index contributed by atoms with van der Waals surface area (Å²) in [5, 5.41) is 8.92. The van der Waals surface area contributed by atoms with Gasteiger partial charge in [-0.05, 0) is 84.9 Å². The van der Waals surface area contributed by atoms with Gasteiger partial charge in [0, 0.05) is 12.8 Å². The van der Waals surface area contributed by atoms with Crippen molar-refractivity contribution in [2.45, 2.75) is 24.3 Å². The number of nitrogens with zero attached hydrogens (tertiary/aromatic N) is 2. The standard InChI is InChI=1S/C27H28N2O3S/c1-33(30,31)27-12-8-25(9-13-27)24-6-10-26(11-7-24)32-20-23-14-16-29(17-15-23)19-22-4-2-21(18-28)3-5-22/h2-13,23H,14-17,19-20H2,1H3. The highest BCUT2D eigenvalue weighted by atomic mass is 32.2. The minimum atomic E-state index is -3.18. The van der Waals surface area contributed by atoms with Crippen LogP contribution in [0.5, 0.6) is 5.75 Å². The number of hydrogen-bond donors (Lipinski definition) is 0. The Kier molecular flexibility index (Phi) is 7.12. The van der Waals surface area contributed by atoms with Crippen molar-refractivity contribution in [2.24, 2.45) is 5.92 Å². The molecular formula is C27H28N2O3S. The summed E-state index contributed by atoms with van der Waals surface area (Å²) in [6.45, 7) is 3.74. The van der Waals surface area contributed by atoms with Crippen LogP contribution in [0.15, 0.2) is 77.7 Å². The summed E-state index contributed by atoms with van der Waals surface area (Å²) in [5.41, 5.74) is 3.95. The second-order valence-electron chi connectivity index (χ2n) is 8.66. The predicted octanol–water partition coefficient (Wildman–Crippen LogP) is 4.92. The largest absolute Gasteiger partial charge is 0.493 e. The van der Waals surface area contributed by atoms with Crippen LogP contribution in [0.3, 0.4) is 0 Å². The molecular weight excluding hydrogens is 432 g/mol. The number of ether oxygens (including phenoxy) is 1. The van der Waals surface area contributed by atoms with Crippen LogP contribution in [0.25, 0.3) is 11.1 Å². The Morgan fingerprint density at radius 2 is 1.48 bits per heavy atom. The Balaban J connectivity index is 1.24. The topological polar surface area (TPSA) is 70.4 Å². The van der Waals surface area contributed by atoms with Crippen LogP contribution in [0.4, 0.5) is 0 Å². The molecule has 0 bridgehead atoms. The average Bonchev–Trinajstić information content (AvgIpc) is 2.84. The average molecular weight is 461 g/mol. The van der Waals surface area contributed by atoms with Gasteiger partial charge in [0.05, 0.1) is 23.1 Å². The molecule has 0 aromatic heterocycles. The SMILES string of the molecule is CS(=O)(=O)c1ccc(-c2ccc(OCC3CCN(Cc4ccc(C#N)cc4)CC3)cc2)cc1. The highest BCUT2D eigenvalue weighted by Crippen LogP contribution is 2.25. The number of hydrogen-bond acceptors (Lipinski definition) is 5. The second kappa shape index (κ2) is 10.2. The summed E-state index contributed by atoms with van der Waals surface area (Å²) >= 11 is 0. The van der Waals surface area contributed by atoms with E-state index < -0.39 is 9.84 Å². The van der Waals surface area contributed by atoms with Gasteiger partial charge in [-0.3, -0.25) is 4.90 Å². The molecule has 0 radical (unpaired) electrons. The lowest BCUT2D eigenvalue weighted by molar-refractivity contribution is 0.137. The van der Waals surface area contributed by atoms with Gasteiger partial charge in [-0.1, -0.05) is 36.4 Å². The molecule has 1 heterocycles. The van der Waals surface area contributed by atoms with Crippen molar-refractivity contribution in [3.05, 3.63) is 83.9 Å². The molecule has 3 aromatic carbocycles. The first-order valence-corrected chi connectivity index (χ1v) is 13.0. The molecule has 1 saturated heterocycles. The molecule has 170 valence electrons. The van der Waals surface area contributed by atoms with E-state index in [0.717, 1.165) is 49.4 Å². The summed E-state index contributed by atoms with van der Waals surface area (Å²) in [6, 6.07) is 24.9. The first-order chi connectivity index (χ1) is 15.9. The van der Waals surface area contributed by atoms with Crippen LogP contribution >= 0.6 is 0 Å². The van der Waals surface area contributed by atoms with Gasteiger partial charge < -0.3 is 4.74 Å². The van der Waals surface area contributed by atoms with Crippen molar-refractivity contribution in [3.63, 3.8) is 0 Å². The number of piperidine rings is 1. The minimum absolute atomic E-state index is 0.328. The molecule has 5 nitrogen and oxygen atoms in total. The summed E-state index contributed by atoms with van der Waals surface area (Å²) in [7, 11) is -3.18. The maximum Gasteiger partial charge on any atom is 0.175 e. The van der Waals surface area contributed by atoms with Crippen molar-refractivity contribution in [3.8, 4) is 22.9 Å². The van der Waals surface area contributed by atoms with Crippen LogP contribution < -0.4 is 4.74 Å². The highest BCUT2D eigenvalue weighted by Gasteiger charge is 2.20. The molecule has 1 aliphatic heterocycles. The van der Waals surface area contributed by atoms with E-state index in [1.165, 1.54) is 11.8 Å². The summed E-state index contributed by atoms with van der Waals surface area (Å²) in [4.78, 5) is 2.79. The zero-order valence-electron chi connectivity index (χ0n) is 18.8. The molecule has 33 heavy (non-hydrogen) atoms. The van der Waals surface area contributed by atoms with Gasteiger partial charge in [-0.25, -0.2) is 8.42 Å². The van der Waals surface area contributed by atoms with Gasteiger partial charge >= 0.3 is 0 Å². The summed E-state index contributed by atoms with van der Waals surface area (Å²) in [5.74, 6) is 1.40. The maximum atomic E-state index is 11.6. The van der Waals surface area contributed by atoms with Crippen LogP contribution in [-0.2, 0) is 16.4 Å². The molecule has 0 aliphatic carbocycles. The zero-order chi connectivity index (χ0) is 23.3. The Labute approximate surface area is 196 Å². The fourth-order valence-corrected chi connectivity index (χ4v) is 4.74. The Morgan fingerprint density at radius 1 is 0.909 bits per heavy atom. The summed E-state index contributed by atoms with van der Waals surface area (Å²) < 4.78 is 29.3. The predicted molar refractivity (Wildman–Crippen MR) is 130 cm³/mol. The van der Waals surface area contributed by atoms with Gasteiger partial charge in [0.25, 0.3) is 0 Å². The van der Waals surface area contributed by atoms with E-state index >= 15 is 0 Å². The number of likely N-dealkylation sites (tertiary alicyclic amines) is 1. The monoisotopic (exact) mass is 460 g/mol. The minimum Gasteiger partial charge on any atom is -0.493 e. The molecule has 0 atom stereocenters. The van der Waals surface area contributed by atoms with Gasteiger partial charge in [0.2, 0.25) is 0 Å². The third kappa shape index (κ3) is 6.22. The van der Waals surface area contributed by atoms with E-state index in [-0.39, 0.29) is 0 Å². The third-order valence-corrected chi connectivity index (χ3v) is 7.28. The first-order valence-electron chi connectivity index (χ1n) is 11.2. The van der Waals surface area contributed by atoms with Gasteiger partial charge in [-0.2, -0.15) is 5.26 Å².